The molecule has 2 aromatic carbocycles. The Morgan fingerprint density at radius 2 is 1.74 bits per heavy atom. The summed E-state index contributed by atoms with van der Waals surface area (Å²) in [7, 11) is 0. The molecule has 0 saturated heterocycles. The molecule has 0 unspecified atom stereocenters. The maximum atomic E-state index is 13.9. The molecule has 0 aromatic heterocycles. The molecule has 100 valence electrons. The molecular weight excluding hydrogens is 264 g/mol. The van der Waals surface area contributed by atoms with Crippen LogP contribution in [0.4, 0.5) is 8.78 Å². The largest absolute Gasteiger partial charge is 0.313 e. The van der Waals surface area contributed by atoms with Gasteiger partial charge in [0.05, 0.1) is 4.90 Å². The zero-order chi connectivity index (χ0) is 13.7. The van der Waals surface area contributed by atoms with E-state index in [9.17, 15) is 8.78 Å². The van der Waals surface area contributed by atoms with E-state index >= 15 is 0 Å². The first-order valence-electron chi connectivity index (χ1n) is 6.13. The van der Waals surface area contributed by atoms with Crippen molar-refractivity contribution in [2.75, 3.05) is 6.54 Å². The van der Waals surface area contributed by atoms with Crippen LogP contribution in [0.25, 0.3) is 0 Å². The van der Waals surface area contributed by atoms with E-state index in [1.54, 1.807) is 24.3 Å². The highest BCUT2D eigenvalue weighted by Gasteiger charge is 2.12. The Hall–Kier alpha value is -1.39. The third-order valence-corrected chi connectivity index (χ3v) is 3.87. The number of hydrogen-bond acceptors (Lipinski definition) is 2. The van der Waals surface area contributed by atoms with Gasteiger partial charge in [0, 0.05) is 11.4 Å². The van der Waals surface area contributed by atoms with Crippen molar-refractivity contribution in [1.82, 2.24) is 5.32 Å². The lowest BCUT2D eigenvalue weighted by Crippen LogP contribution is -2.12. The highest BCUT2D eigenvalue weighted by molar-refractivity contribution is 7.99. The second-order valence-corrected chi connectivity index (χ2v) is 5.09. The van der Waals surface area contributed by atoms with Gasteiger partial charge in [0.15, 0.2) is 0 Å². The van der Waals surface area contributed by atoms with Crippen molar-refractivity contribution in [2.24, 2.45) is 0 Å². The number of nitrogens with one attached hydrogen (secondary N) is 1. The lowest BCUT2D eigenvalue weighted by Gasteiger charge is -2.11. The molecule has 1 nitrogen and oxygen atoms in total. The minimum absolute atomic E-state index is 0.316. The summed E-state index contributed by atoms with van der Waals surface area (Å²) < 4.78 is 27.6. The van der Waals surface area contributed by atoms with Crippen LogP contribution >= 0.6 is 11.8 Å². The quantitative estimate of drug-likeness (QED) is 0.879. The van der Waals surface area contributed by atoms with Gasteiger partial charge < -0.3 is 5.32 Å². The molecule has 19 heavy (non-hydrogen) atoms. The van der Waals surface area contributed by atoms with Gasteiger partial charge in [-0.1, -0.05) is 43.0 Å². The van der Waals surface area contributed by atoms with Crippen molar-refractivity contribution in [3.05, 3.63) is 59.7 Å². The first-order chi connectivity index (χ1) is 9.22. The van der Waals surface area contributed by atoms with Gasteiger partial charge >= 0.3 is 0 Å². The summed E-state index contributed by atoms with van der Waals surface area (Å²) in [6.45, 7) is 3.37. The van der Waals surface area contributed by atoms with Gasteiger partial charge in [-0.15, -0.1) is 0 Å². The van der Waals surface area contributed by atoms with E-state index in [2.05, 4.69) is 5.32 Å². The molecule has 1 N–H and O–H groups in total. The summed E-state index contributed by atoms with van der Waals surface area (Å²) in [4.78, 5) is 0.916. The van der Waals surface area contributed by atoms with E-state index in [4.69, 9.17) is 0 Å². The molecule has 0 aliphatic rings. The van der Waals surface area contributed by atoms with Crippen LogP contribution in [0.2, 0.25) is 0 Å². The lowest BCUT2D eigenvalue weighted by molar-refractivity contribution is 0.588. The average Bonchev–Trinajstić information content (AvgIpc) is 2.41. The minimum atomic E-state index is -0.329. The van der Waals surface area contributed by atoms with Crippen LogP contribution in [0.5, 0.6) is 0 Å². The van der Waals surface area contributed by atoms with Crippen molar-refractivity contribution in [1.29, 1.82) is 0 Å². The summed E-state index contributed by atoms with van der Waals surface area (Å²) in [5.74, 6) is -0.645. The number of halogens is 2. The maximum Gasteiger partial charge on any atom is 0.137 e. The zero-order valence-electron chi connectivity index (χ0n) is 10.6. The Balaban J connectivity index is 2.31. The Morgan fingerprint density at radius 1 is 1.00 bits per heavy atom. The maximum absolute atomic E-state index is 13.9. The van der Waals surface area contributed by atoms with E-state index in [0.717, 1.165) is 23.9 Å². The van der Waals surface area contributed by atoms with E-state index in [-0.39, 0.29) is 11.6 Å². The Morgan fingerprint density at radius 3 is 2.47 bits per heavy atom. The molecule has 0 saturated carbocycles. The molecule has 0 bridgehead atoms. The molecule has 0 radical (unpaired) electrons. The van der Waals surface area contributed by atoms with Crippen molar-refractivity contribution >= 4 is 11.8 Å². The third kappa shape index (κ3) is 3.55. The van der Waals surface area contributed by atoms with Gasteiger partial charge in [-0.2, -0.15) is 0 Å². The fourth-order valence-electron chi connectivity index (χ4n) is 1.70. The van der Waals surface area contributed by atoms with Gasteiger partial charge in [-0.3, -0.25) is 0 Å². The highest BCUT2D eigenvalue weighted by Crippen LogP contribution is 2.34. The van der Waals surface area contributed by atoms with Crippen LogP contribution in [0.3, 0.4) is 0 Å². The third-order valence-electron chi connectivity index (χ3n) is 2.66. The Bertz CT molecular complexity index is 558. The Labute approximate surface area is 116 Å². The monoisotopic (exact) mass is 279 g/mol. The second-order valence-electron chi connectivity index (χ2n) is 4.04. The molecule has 0 fully saturated rings. The summed E-state index contributed by atoms with van der Waals surface area (Å²) in [5, 5.41) is 3.16. The van der Waals surface area contributed by atoms with Crippen LogP contribution in [0.15, 0.2) is 52.3 Å². The van der Waals surface area contributed by atoms with Crippen LogP contribution in [-0.4, -0.2) is 6.54 Å². The molecule has 0 spiro atoms. The highest BCUT2D eigenvalue weighted by atomic mass is 32.2. The van der Waals surface area contributed by atoms with E-state index < -0.39 is 0 Å². The first-order valence-corrected chi connectivity index (χ1v) is 6.94. The number of hydrogen-bond donors (Lipinski definition) is 1. The van der Waals surface area contributed by atoms with Crippen molar-refractivity contribution in [2.45, 2.75) is 23.3 Å². The molecule has 0 heterocycles. The number of benzene rings is 2. The van der Waals surface area contributed by atoms with E-state index in [1.807, 2.05) is 13.0 Å². The van der Waals surface area contributed by atoms with Gasteiger partial charge in [-0.05, 0) is 30.3 Å². The molecule has 2 aromatic rings. The normalized spacial score (nSPS) is 10.7. The van der Waals surface area contributed by atoms with Crippen LogP contribution < -0.4 is 5.32 Å². The summed E-state index contributed by atoms with van der Waals surface area (Å²) >= 11 is 1.13. The molecular formula is C15H15F2NS. The molecule has 0 aliphatic heterocycles. The van der Waals surface area contributed by atoms with Crippen LogP contribution in [-0.2, 0) is 6.54 Å². The molecule has 0 atom stereocenters. The molecule has 0 amide bonds. The van der Waals surface area contributed by atoms with Crippen LogP contribution in [0.1, 0.15) is 12.5 Å². The van der Waals surface area contributed by atoms with Gasteiger partial charge in [0.1, 0.15) is 11.6 Å². The SMILES string of the molecule is CCNCc1cccc(F)c1Sc1ccccc1F. The van der Waals surface area contributed by atoms with Gasteiger partial charge in [0.25, 0.3) is 0 Å². The molecule has 2 rings (SSSR count). The van der Waals surface area contributed by atoms with Gasteiger partial charge in [-0.25, -0.2) is 8.78 Å². The number of rotatable bonds is 5. The average molecular weight is 279 g/mol. The fraction of sp³-hybridized carbons (Fsp3) is 0.200. The lowest BCUT2D eigenvalue weighted by atomic mass is 10.2. The molecule has 0 aliphatic carbocycles. The van der Waals surface area contributed by atoms with Crippen LogP contribution in [0, 0.1) is 11.6 Å². The summed E-state index contributed by atoms with van der Waals surface area (Å²) in [5.41, 5.74) is 0.843. The predicted octanol–water partition coefficient (Wildman–Crippen LogP) is 4.23. The topological polar surface area (TPSA) is 12.0 Å². The van der Waals surface area contributed by atoms with Crippen molar-refractivity contribution in [3.63, 3.8) is 0 Å². The summed E-state index contributed by atoms with van der Waals surface area (Å²) in [6, 6.07) is 11.3. The van der Waals surface area contributed by atoms with E-state index in [0.29, 0.717) is 16.3 Å². The zero-order valence-corrected chi connectivity index (χ0v) is 11.4. The minimum Gasteiger partial charge on any atom is -0.313 e. The van der Waals surface area contributed by atoms with Gasteiger partial charge in [0.2, 0.25) is 0 Å². The molecule has 4 heteroatoms. The predicted molar refractivity (Wildman–Crippen MR) is 74.3 cm³/mol. The second kappa shape index (κ2) is 6.68. The standard InChI is InChI=1S/C15H15F2NS/c1-2-18-10-11-6-5-8-13(17)15(11)19-14-9-4-3-7-12(14)16/h3-9,18H,2,10H2,1H3. The summed E-state index contributed by atoms with van der Waals surface area (Å²) in [6.07, 6.45) is 0. The Kier molecular flexibility index (Phi) is 4.93. The fourth-order valence-corrected chi connectivity index (χ4v) is 2.67. The van der Waals surface area contributed by atoms with Crippen molar-refractivity contribution < 1.29 is 8.78 Å². The smallest absolute Gasteiger partial charge is 0.137 e. The first kappa shape index (κ1) is 14.0. The van der Waals surface area contributed by atoms with Crippen molar-refractivity contribution in [3.8, 4) is 0 Å². The van der Waals surface area contributed by atoms with E-state index in [1.165, 1.54) is 12.1 Å².